The molecule has 3 aromatic rings. The second-order valence-corrected chi connectivity index (χ2v) is 12.3. The molecule has 186 valence electrons. The molecule has 0 aliphatic carbocycles. The lowest BCUT2D eigenvalue weighted by Gasteiger charge is -2.34. The molecule has 2 heterocycles. The summed E-state index contributed by atoms with van der Waals surface area (Å²) < 4.78 is 38.7. The lowest BCUT2D eigenvalue weighted by Crippen LogP contribution is -2.48. The van der Waals surface area contributed by atoms with Gasteiger partial charge in [-0.2, -0.15) is 4.31 Å². The quantitative estimate of drug-likeness (QED) is 0.463. The molecule has 1 aliphatic rings. The lowest BCUT2D eigenvalue weighted by molar-refractivity contribution is -0.0440. The van der Waals surface area contributed by atoms with E-state index in [4.69, 9.17) is 9.15 Å². The van der Waals surface area contributed by atoms with Crippen molar-refractivity contribution in [2.24, 2.45) is 0 Å². The Morgan fingerprint density at radius 2 is 1.77 bits per heavy atom. The standard InChI is InChI=1S/C24H28N4O5S2/c1-15(2)34-20-7-5-6-19(12-20)23-26-27-24(33-23)25-22(29)18-8-10-21(11-9-18)35(30,31)28-13-16(3)32-17(4)14-28/h5-12,15-17H,13-14H2,1-4H3,(H,25,27,29). The normalized spacial score (nSPS) is 19.1. The molecule has 1 saturated heterocycles. The molecule has 2 aromatic carbocycles. The molecule has 4 rings (SSSR count). The van der Waals surface area contributed by atoms with Crippen LogP contribution in [-0.4, -0.2) is 59.4 Å². The van der Waals surface area contributed by atoms with E-state index >= 15 is 0 Å². The first kappa shape index (κ1) is 25.4. The van der Waals surface area contributed by atoms with E-state index in [1.165, 1.54) is 28.6 Å². The highest BCUT2D eigenvalue weighted by molar-refractivity contribution is 7.99. The fourth-order valence-electron chi connectivity index (χ4n) is 3.79. The van der Waals surface area contributed by atoms with E-state index in [1.54, 1.807) is 11.8 Å². The predicted octanol–water partition coefficient (Wildman–Crippen LogP) is 4.29. The maximum absolute atomic E-state index is 13.0. The third kappa shape index (κ3) is 6.10. The van der Waals surface area contributed by atoms with E-state index in [0.717, 1.165) is 10.5 Å². The van der Waals surface area contributed by atoms with Gasteiger partial charge in [-0.15, -0.1) is 16.9 Å². The third-order valence-corrected chi connectivity index (χ3v) is 8.08. The number of benzene rings is 2. The summed E-state index contributed by atoms with van der Waals surface area (Å²) in [5.74, 6) is -0.191. The molecule has 0 spiro atoms. The summed E-state index contributed by atoms with van der Waals surface area (Å²) in [7, 11) is -3.69. The first-order valence-corrected chi connectivity index (χ1v) is 13.6. The number of rotatable bonds is 7. The number of hydrogen-bond acceptors (Lipinski definition) is 8. The topological polar surface area (TPSA) is 115 Å². The molecule has 11 heteroatoms. The Morgan fingerprint density at radius 1 is 1.09 bits per heavy atom. The molecule has 0 radical (unpaired) electrons. The van der Waals surface area contributed by atoms with Crippen LogP contribution in [0.5, 0.6) is 0 Å². The van der Waals surface area contributed by atoms with Crippen molar-refractivity contribution < 1.29 is 22.4 Å². The summed E-state index contributed by atoms with van der Waals surface area (Å²) in [5.41, 5.74) is 1.02. The Morgan fingerprint density at radius 3 is 2.43 bits per heavy atom. The van der Waals surface area contributed by atoms with Crippen LogP contribution >= 0.6 is 11.8 Å². The zero-order valence-corrected chi connectivity index (χ0v) is 21.6. The molecule has 35 heavy (non-hydrogen) atoms. The van der Waals surface area contributed by atoms with Crippen molar-refractivity contribution in [1.82, 2.24) is 14.5 Å². The Kier molecular flexibility index (Phi) is 7.60. The molecule has 0 bridgehead atoms. The lowest BCUT2D eigenvalue weighted by atomic mass is 10.2. The van der Waals surface area contributed by atoms with Gasteiger partial charge < -0.3 is 9.15 Å². The number of nitrogens with one attached hydrogen (secondary N) is 1. The molecule has 2 atom stereocenters. The van der Waals surface area contributed by atoms with Gasteiger partial charge >= 0.3 is 6.01 Å². The zero-order valence-electron chi connectivity index (χ0n) is 20.0. The van der Waals surface area contributed by atoms with Crippen LogP contribution in [0.2, 0.25) is 0 Å². The average molecular weight is 517 g/mol. The van der Waals surface area contributed by atoms with Crippen LogP contribution in [0.4, 0.5) is 6.01 Å². The molecule has 1 aromatic heterocycles. The van der Waals surface area contributed by atoms with Crippen molar-refractivity contribution in [3.8, 4) is 11.5 Å². The molecule has 1 fully saturated rings. The van der Waals surface area contributed by atoms with E-state index < -0.39 is 15.9 Å². The van der Waals surface area contributed by atoms with Crippen molar-refractivity contribution in [3.05, 3.63) is 54.1 Å². The molecule has 2 unspecified atom stereocenters. The maximum atomic E-state index is 13.0. The van der Waals surface area contributed by atoms with E-state index in [9.17, 15) is 13.2 Å². The number of amides is 1. The van der Waals surface area contributed by atoms with Gasteiger partial charge in [-0.25, -0.2) is 8.42 Å². The largest absolute Gasteiger partial charge is 0.403 e. The molecule has 9 nitrogen and oxygen atoms in total. The van der Waals surface area contributed by atoms with Crippen LogP contribution in [0, 0.1) is 0 Å². The van der Waals surface area contributed by atoms with E-state index in [-0.39, 0.29) is 41.8 Å². The fraction of sp³-hybridized carbons (Fsp3) is 0.375. The summed E-state index contributed by atoms with van der Waals surface area (Å²) in [6, 6.07) is 13.5. The van der Waals surface area contributed by atoms with Gasteiger partial charge in [0.25, 0.3) is 5.91 Å². The van der Waals surface area contributed by atoms with E-state index in [1.807, 2.05) is 38.1 Å². The minimum Gasteiger partial charge on any atom is -0.403 e. The molecule has 1 N–H and O–H groups in total. The van der Waals surface area contributed by atoms with Gasteiger partial charge in [0.1, 0.15) is 0 Å². The van der Waals surface area contributed by atoms with Gasteiger partial charge in [0.15, 0.2) is 0 Å². The van der Waals surface area contributed by atoms with Crippen molar-refractivity contribution in [1.29, 1.82) is 0 Å². The third-order valence-electron chi connectivity index (χ3n) is 5.24. The molecular formula is C24H28N4O5S2. The number of morpholine rings is 1. The SMILES string of the molecule is CC1CN(S(=O)(=O)c2ccc(C(=O)Nc3nnc(-c4cccc(SC(C)C)c4)o3)cc2)CC(C)O1. The number of hydrogen-bond donors (Lipinski definition) is 1. The van der Waals surface area contributed by atoms with Gasteiger partial charge in [0, 0.05) is 34.4 Å². The fourth-order valence-corrected chi connectivity index (χ4v) is 6.28. The zero-order chi connectivity index (χ0) is 25.2. The summed E-state index contributed by atoms with van der Waals surface area (Å²) >= 11 is 1.72. The molecule has 1 aliphatic heterocycles. The number of anilines is 1. The number of carbonyl (C=O) groups is 1. The highest BCUT2D eigenvalue weighted by Crippen LogP contribution is 2.28. The van der Waals surface area contributed by atoms with Gasteiger partial charge in [-0.1, -0.05) is 25.0 Å². The van der Waals surface area contributed by atoms with Crippen LogP contribution in [0.1, 0.15) is 38.1 Å². The van der Waals surface area contributed by atoms with Crippen LogP contribution in [-0.2, 0) is 14.8 Å². The number of aromatic nitrogens is 2. The number of ether oxygens (including phenoxy) is 1. The van der Waals surface area contributed by atoms with Gasteiger partial charge in [-0.05, 0) is 56.3 Å². The molecule has 0 saturated carbocycles. The van der Waals surface area contributed by atoms with Crippen LogP contribution in [0.3, 0.4) is 0 Å². The Labute approximate surface area is 209 Å². The number of sulfonamides is 1. The Hall–Kier alpha value is -2.73. The van der Waals surface area contributed by atoms with E-state index in [2.05, 4.69) is 29.4 Å². The summed E-state index contributed by atoms with van der Waals surface area (Å²) in [5, 5.41) is 10.9. The van der Waals surface area contributed by atoms with Crippen molar-refractivity contribution in [3.63, 3.8) is 0 Å². The van der Waals surface area contributed by atoms with E-state index in [0.29, 0.717) is 11.1 Å². The van der Waals surface area contributed by atoms with Gasteiger partial charge in [-0.3, -0.25) is 10.1 Å². The number of carbonyl (C=O) groups excluding carboxylic acids is 1. The van der Waals surface area contributed by atoms with Crippen molar-refractivity contribution >= 4 is 33.7 Å². The second kappa shape index (κ2) is 10.5. The first-order valence-electron chi connectivity index (χ1n) is 11.3. The minimum absolute atomic E-state index is 0.0418. The maximum Gasteiger partial charge on any atom is 0.322 e. The van der Waals surface area contributed by atoms with Gasteiger partial charge in [0.2, 0.25) is 15.9 Å². The first-order chi connectivity index (χ1) is 16.6. The smallest absolute Gasteiger partial charge is 0.322 e. The summed E-state index contributed by atoms with van der Waals surface area (Å²) in [6.07, 6.45) is -0.372. The Bertz CT molecular complexity index is 1280. The van der Waals surface area contributed by atoms with Crippen molar-refractivity contribution in [2.75, 3.05) is 18.4 Å². The summed E-state index contributed by atoms with van der Waals surface area (Å²) in [6.45, 7) is 8.49. The monoisotopic (exact) mass is 516 g/mol. The number of nitrogens with zero attached hydrogens (tertiary/aromatic N) is 3. The molecule has 1 amide bonds. The van der Waals surface area contributed by atoms with Crippen LogP contribution < -0.4 is 5.32 Å². The van der Waals surface area contributed by atoms with Crippen LogP contribution in [0.15, 0.2) is 62.7 Å². The second-order valence-electron chi connectivity index (χ2n) is 8.66. The van der Waals surface area contributed by atoms with Crippen molar-refractivity contribution in [2.45, 2.75) is 54.9 Å². The van der Waals surface area contributed by atoms with Gasteiger partial charge in [0.05, 0.1) is 17.1 Å². The minimum atomic E-state index is -3.69. The highest BCUT2D eigenvalue weighted by atomic mass is 32.2. The number of thioether (sulfide) groups is 1. The Balaban J connectivity index is 1.44. The van der Waals surface area contributed by atoms with Crippen LogP contribution in [0.25, 0.3) is 11.5 Å². The molecular weight excluding hydrogens is 488 g/mol. The average Bonchev–Trinajstić information content (AvgIpc) is 3.27. The highest BCUT2D eigenvalue weighted by Gasteiger charge is 2.32. The predicted molar refractivity (Wildman–Crippen MR) is 134 cm³/mol. The summed E-state index contributed by atoms with van der Waals surface area (Å²) in [4.78, 5) is 13.9.